The molecule has 1 saturated heterocycles. The van der Waals surface area contributed by atoms with Crippen molar-refractivity contribution in [1.82, 2.24) is 0 Å². The molecule has 7 heteroatoms. The van der Waals surface area contributed by atoms with Crippen LogP contribution in [0.25, 0.3) is 0 Å². The van der Waals surface area contributed by atoms with E-state index in [1.165, 1.54) is 18.2 Å². The molecule has 1 aromatic carbocycles. The van der Waals surface area contributed by atoms with Gasteiger partial charge in [-0.25, -0.2) is 0 Å². The van der Waals surface area contributed by atoms with Gasteiger partial charge in [-0.15, -0.1) is 0 Å². The van der Waals surface area contributed by atoms with E-state index in [9.17, 15) is 19.8 Å². The number of phenols is 1. The van der Waals surface area contributed by atoms with Crippen molar-refractivity contribution in [3.8, 4) is 11.5 Å². The maximum atomic E-state index is 12.5. The Morgan fingerprint density at radius 2 is 2.14 bits per heavy atom. The normalized spacial score (nSPS) is 38.2. The summed E-state index contributed by atoms with van der Waals surface area (Å²) in [7, 11) is 0. The molecular formula is C15H13IO6. The molecule has 22 heavy (non-hydrogen) atoms. The van der Waals surface area contributed by atoms with Gasteiger partial charge in [0.1, 0.15) is 17.6 Å². The lowest BCUT2D eigenvalue weighted by Crippen LogP contribution is -2.42. The topological polar surface area (TPSA) is 93.1 Å². The number of halogens is 1. The molecular weight excluding hydrogens is 403 g/mol. The Bertz CT molecular complexity index is 674. The number of aromatic hydroxyl groups is 1. The molecule has 0 spiro atoms. The number of phenolic OH excluding ortho intramolecular Hbond substituents is 1. The zero-order valence-electron chi connectivity index (χ0n) is 11.3. The molecule has 2 bridgehead atoms. The molecule has 2 aliphatic carbocycles. The number of hydrogen-bond acceptors (Lipinski definition) is 6. The van der Waals surface area contributed by atoms with E-state index in [-0.39, 0.29) is 17.6 Å². The minimum absolute atomic E-state index is 0.0797. The monoisotopic (exact) mass is 416 g/mol. The van der Waals surface area contributed by atoms with Gasteiger partial charge < -0.3 is 19.7 Å². The van der Waals surface area contributed by atoms with E-state index in [4.69, 9.17) is 9.47 Å². The number of aliphatic hydroxyl groups excluding tert-OH is 1. The lowest BCUT2D eigenvalue weighted by atomic mass is 9.78. The fourth-order valence-corrected chi connectivity index (χ4v) is 4.70. The lowest BCUT2D eigenvalue weighted by Gasteiger charge is -2.27. The maximum absolute atomic E-state index is 12.5. The summed E-state index contributed by atoms with van der Waals surface area (Å²) in [5.74, 6) is -2.02. The average molecular weight is 416 g/mol. The van der Waals surface area contributed by atoms with Gasteiger partial charge in [-0.2, -0.15) is 0 Å². The van der Waals surface area contributed by atoms with Crippen LogP contribution in [-0.4, -0.2) is 34.4 Å². The standard InChI is InChI=1S/C15H13IO6/c16-8-3-5(17)1-2-9(8)21-14(19)10-6-4-7-11(10)15(20)22-13(7)12(6)18/h1-3,6-7,10-13,17-18H,4H2/t6?,7?,10?,11?,12?,13-/m1/s1. The summed E-state index contributed by atoms with van der Waals surface area (Å²) in [5.41, 5.74) is 0. The van der Waals surface area contributed by atoms with Crippen LogP contribution in [0.1, 0.15) is 6.42 Å². The van der Waals surface area contributed by atoms with Crippen LogP contribution in [0.15, 0.2) is 18.2 Å². The summed E-state index contributed by atoms with van der Waals surface area (Å²) < 4.78 is 11.2. The molecule has 1 aliphatic heterocycles. The van der Waals surface area contributed by atoms with Crippen molar-refractivity contribution in [1.29, 1.82) is 0 Å². The molecule has 2 N–H and O–H groups in total. The third kappa shape index (κ3) is 1.88. The van der Waals surface area contributed by atoms with E-state index in [1.54, 1.807) is 0 Å². The first-order chi connectivity index (χ1) is 10.5. The largest absolute Gasteiger partial charge is 0.508 e. The second-order valence-corrected chi connectivity index (χ2v) is 7.21. The first kappa shape index (κ1) is 14.3. The van der Waals surface area contributed by atoms with Crippen LogP contribution >= 0.6 is 22.6 Å². The number of hydrogen-bond donors (Lipinski definition) is 2. The van der Waals surface area contributed by atoms with Crippen molar-refractivity contribution in [2.75, 3.05) is 0 Å². The van der Waals surface area contributed by atoms with E-state index in [1.807, 2.05) is 22.6 Å². The number of carbonyl (C=O) groups is 2. The molecule has 0 radical (unpaired) electrons. The highest BCUT2D eigenvalue weighted by atomic mass is 127. The predicted molar refractivity (Wildman–Crippen MR) is 80.9 cm³/mol. The number of rotatable bonds is 2. The number of benzene rings is 1. The van der Waals surface area contributed by atoms with Gasteiger partial charge in [-0.3, -0.25) is 9.59 Å². The zero-order valence-corrected chi connectivity index (χ0v) is 13.5. The Morgan fingerprint density at radius 1 is 1.36 bits per heavy atom. The fourth-order valence-electron chi connectivity index (χ4n) is 4.09. The second-order valence-electron chi connectivity index (χ2n) is 6.04. The quantitative estimate of drug-likeness (QED) is 0.426. The van der Waals surface area contributed by atoms with E-state index in [0.29, 0.717) is 15.7 Å². The van der Waals surface area contributed by atoms with Crippen LogP contribution < -0.4 is 4.74 Å². The Kier molecular flexibility index (Phi) is 3.12. The molecule has 4 rings (SSSR count). The summed E-state index contributed by atoms with van der Waals surface area (Å²) >= 11 is 1.96. The highest BCUT2D eigenvalue weighted by Crippen LogP contribution is 2.58. The van der Waals surface area contributed by atoms with E-state index in [2.05, 4.69) is 0 Å². The number of carbonyl (C=O) groups excluding carboxylic acids is 2. The molecule has 0 aromatic heterocycles. The second kappa shape index (κ2) is 4.82. The Hall–Kier alpha value is -1.35. The third-order valence-corrected chi connectivity index (χ3v) is 5.82. The smallest absolute Gasteiger partial charge is 0.315 e. The van der Waals surface area contributed by atoms with E-state index >= 15 is 0 Å². The minimum Gasteiger partial charge on any atom is -0.508 e. The first-order valence-corrected chi connectivity index (χ1v) is 8.14. The highest BCUT2D eigenvalue weighted by molar-refractivity contribution is 14.1. The first-order valence-electron chi connectivity index (χ1n) is 7.06. The molecule has 1 aromatic rings. The van der Waals surface area contributed by atoms with Crippen molar-refractivity contribution in [3.05, 3.63) is 21.8 Å². The summed E-state index contributed by atoms with van der Waals surface area (Å²) in [6, 6.07) is 4.42. The van der Waals surface area contributed by atoms with Crippen molar-refractivity contribution in [3.63, 3.8) is 0 Å². The van der Waals surface area contributed by atoms with Crippen molar-refractivity contribution >= 4 is 34.5 Å². The Labute approximate surface area is 139 Å². The average Bonchev–Trinajstić information content (AvgIpc) is 3.06. The number of esters is 2. The molecule has 116 valence electrons. The molecule has 3 fully saturated rings. The van der Waals surface area contributed by atoms with Gasteiger partial charge in [0, 0.05) is 11.8 Å². The number of fused-ring (bicyclic) bond motifs is 1. The summed E-state index contributed by atoms with van der Waals surface area (Å²) in [6.07, 6.45) is -0.626. The van der Waals surface area contributed by atoms with Gasteiger partial charge in [-0.05, 0) is 47.2 Å². The fraction of sp³-hybridized carbons (Fsp3) is 0.467. The van der Waals surface area contributed by atoms with Crippen LogP contribution in [0, 0.1) is 27.2 Å². The summed E-state index contributed by atoms with van der Waals surface area (Å²) in [4.78, 5) is 24.5. The minimum atomic E-state index is -0.788. The highest BCUT2D eigenvalue weighted by Gasteiger charge is 2.68. The molecule has 6 nitrogen and oxygen atoms in total. The summed E-state index contributed by atoms with van der Waals surface area (Å²) in [5, 5.41) is 19.6. The van der Waals surface area contributed by atoms with E-state index < -0.39 is 36.0 Å². The van der Waals surface area contributed by atoms with Gasteiger partial charge >= 0.3 is 11.9 Å². The number of ether oxygens (including phenoxy) is 2. The van der Waals surface area contributed by atoms with Crippen LogP contribution in [0.5, 0.6) is 11.5 Å². The van der Waals surface area contributed by atoms with Crippen LogP contribution in [0.4, 0.5) is 0 Å². The molecule has 1 heterocycles. The van der Waals surface area contributed by atoms with Gasteiger partial charge in [0.25, 0.3) is 0 Å². The van der Waals surface area contributed by atoms with Crippen LogP contribution in [-0.2, 0) is 14.3 Å². The number of aliphatic hydroxyl groups is 1. The van der Waals surface area contributed by atoms with Crippen LogP contribution in [0.2, 0.25) is 0 Å². The Morgan fingerprint density at radius 3 is 2.86 bits per heavy atom. The lowest BCUT2D eigenvalue weighted by molar-refractivity contribution is -0.149. The molecule has 2 saturated carbocycles. The Balaban J connectivity index is 1.59. The van der Waals surface area contributed by atoms with Crippen molar-refractivity contribution in [2.24, 2.45) is 23.7 Å². The molecule has 3 aliphatic rings. The van der Waals surface area contributed by atoms with E-state index in [0.717, 1.165) is 0 Å². The third-order valence-electron chi connectivity index (χ3n) is 4.97. The van der Waals surface area contributed by atoms with Crippen molar-refractivity contribution in [2.45, 2.75) is 18.6 Å². The molecule has 0 amide bonds. The van der Waals surface area contributed by atoms with Gasteiger partial charge in [0.15, 0.2) is 0 Å². The van der Waals surface area contributed by atoms with Crippen LogP contribution in [0.3, 0.4) is 0 Å². The van der Waals surface area contributed by atoms with Gasteiger partial charge in [-0.1, -0.05) is 0 Å². The van der Waals surface area contributed by atoms with Crippen molar-refractivity contribution < 1.29 is 29.3 Å². The molecule has 5 unspecified atom stereocenters. The predicted octanol–water partition coefficient (Wildman–Crippen LogP) is 1.07. The van der Waals surface area contributed by atoms with Gasteiger partial charge in [0.2, 0.25) is 0 Å². The maximum Gasteiger partial charge on any atom is 0.315 e. The van der Waals surface area contributed by atoms with Gasteiger partial charge in [0.05, 0.1) is 21.5 Å². The summed E-state index contributed by atoms with van der Waals surface area (Å²) in [6.45, 7) is 0. The SMILES string of the molecule is O=C(Oc1ccc(O)cc1I)C1C2CC3C1C(=O)O[C@H]3C2O. The zero-order chi connectivity index (χ0) is 15.6. The molecule has 6 atom stereocenters.